The lowest BCUT2D eigenvalue weighted by Gasteiger charge is -2.25. The maximum atomic E-state index is 15.6. The van der Waals surface area contributed by atoms with Crippen molar-refractivity contribution in [3.63, 3.8) is 0 Å². The van der Waals surface area contributed by atoms with Gasteiger partial charge in [-0.15, -0.1) is 0 Å². The average Bonchev–Trinajstić information content (AvgIpc) is 3.48. The molecule has 0 saturated heterocycles. The van der Waals surface area contributed by atoms with Gasteiger partial charge in [0.2, 0.25) is 0 Å². The zero-order valence-electron chi connectivity index (χ0n) is 19.3. The van der Waals surface area contributed by atoms with Gasteiger partial charge in [-0.2, -0.15) is 5.10 Å². The number of aromatic nitrogens is 3. The summed E-state index contributed by atoms with van der Waals surface area (Å²) in [5.74, 6) is 0.0441. The molecule has 0 unspecified atom stereocenters. The van der Waals surface area contributed by atoms with E-state index in [0.717, 1.165) is 30.4 Å². The summed E-state index contributed by atoms with van der Waals surface area (Å²) in [6.07, 6.45) is 6.14. The fourth-order valence-corrected chi connectivity index (χ4v) is 5.71. The maximum absolute atomic E-state index is 15.6. The van der Waals surface area contributed by atoms with Gasteiger partial charge in [0.05, 0.1) is 16.6 Å². The Bertz CT molecular complexity index is 1300. The first-order valence-corrected chi connectivity index (χ1v) is 11.5. The van der Waals surface area contributed by atoms with Gasteiger partial charge in [-0.3, -0.25) is 9.48 Å². The number of carbonyl (C=O) groups is 1. The monoisotopic (exact) mass is 483 g/mol. The van der Waals surface area contributed by atoms with E-state index in [2.05, 4.69) is 15.4 Å². The molecule has 1 aromatic carbocycles. The molecule has 1 fully saturated rings. The number of nitrogens with one attached hydrogen (secondary N) is 1. The number of rotatable bonds is 3. The molecule has 1 aliphatic carbocycles. The van der Waals surface area contributed by atoms with Gasteiger partial charge in [0.25, 0.3) is 5.91 Å². The quantitative estimate of drug-likeness (QED) is 0.485. The summed E-state index contributed by atoms with van der Waals surface area (Å²) in [6, 6.07) is 3.26. The van der Waals surface area contributed by atoms with E-state index in [0.29, 0.717) is 28.8 Å². The summed E-state index contributed by atoms with van der Waals surface area (Å²) in [5.41, 5.74) is 14.1. The number of carbonyl (C=O) groups excluding carboxylic acids is 1. The largest absolute Gasteiger partial charge is 0.398 e. The molecule has 1 saturated carbocycles. The number of nitrogens with two attached hydrogens (primary N) is 2. The number of pyridine rings is 1. The summed E-state index contributed by atoms with van der Waals surface area (Å²) in [5, 5.41) is 8.31. The van der Waals surface area contributed by atoms with Gasteiger partial charge in [0, 0.05) is 66.4 Å². The molecule has 178 valence electrons. The summed E-state index contributed by atoms with van der Waals surface area (Å²) in [6.45, 7) is 2.64. The van der Waals surface area contributed by atoms with Crippen LogP contribution < -0.4 is 16.8 Å². The van der Waals surface area contributed by atoms with E-state index in [1.54, 1.807) is 26.4 Å². The standard InChI is InChI=1S/C24H27ClFN7O/c1-12-10-33(31-21(12)28)13-6-7-24(8-13)11-30-22-18(24)19(25)15(9-29-22)14-4-5-16(27)17(20(14)26)23(34)32(2)3/h4-5,9-10,13H,6-8,11,27H2,1-3H3,(H2,28,31)(H,29,30)/t13-,24-/m1/s1. The molecule has 3 aromatic rings. The third-order valence-corrected chi connectivity index (χ3v) is 7.53. The Hall–Kier alpha value is -3.33. The number of nitrogen functional groups attached to an aromatic ring is 2. The summed E-state index contributed by atoms with van der Waals surface area (Å²) < 4.78 is 17.5. The molecule has 3 heterocycles. The SMILES string of the molecule is Cc1cn([C@@H]2CC[C@]3(CNc4ncc(-c5ccc(N)c(C(=O)N(C)C)c5F)c(Cl)c43)C2)nc1N. The zero-order valence-corrected chi connectivity index (χ0v) is 20.1. The number of amides is 1. The van der Waals surface area contributed by atoms with Gasteiger partial charge in [0.1, 0.15) is 17.5 Å². The molecule has 2 aromatic heterocycles. The molecule has 10 heteroatoms. The molecule has 2 aliphatic rings. The Labute approximate surface area is 202 Å². The van der Waals surface area contributed by atoms with E-state index < -0.39 is 11.7 Å². The van der Waals surface area contributed by atoms with Crippen LogP contribution in [0.4, 0.5) is 21.7 Å². The van der Waals surface area contributed by atoms with Crippen molar-refractivity contribution < 1.29 is 9.18 Å². The predicted octanol–water partition coefficient (Wildman–Crippen LogP) is 4.00. The lowest BCUT2D eigenvalue weighted by Crippen LogP contribution is -2.26. The molecular weight excluding hydrogens is 457 g/mol. The van der Waals surface area contributed by atoms with Crippen molar-refractivity contribution in [2.24, 2.45) is 0 Å². The predicted molar refractivity (Wildman–Crippen MR) is 132 cm³/mol. The van der Waals surface area contributed by atoms with Crippen molar-refractivity contribution in [1.29, 1.82) is 0 Å². The van der Waals surface area contributed by atoms with Crippen LogP contribution in [0.25, 0.3) is 11.1 Å². The fraction of sp³-hybridized carbons (Fsp3) is 0.375. The summed E-state index contributed by atoms with van der Waals surface area (Å²) in [4.78, 5) is 18.4. The number of anilines is 3. The molecule has 5 N–H and O–H groups in total. The summed E-state index contributed by atoms with van der Waals surface area (Å²) in [7, 11) is 3.11. The fourth-order valence-electron chi connectivity index (χ4n) is 5.27. The molecule has 34 heavy (non-hydrogen) atoms. The van der Waals surface area contributed by atoms with Crippen molar-refractivity contribution in [2.45, 2.75) is 37.6 Å². The van der Waals surface area contributed by atoms with E-state index in [4.69, 9.17) is 23.1 Å². The first kappa shape index (κ1) is 22.5. The molecule has 5 rings (SSSR count). The first-order valence-electron chi connectivity index (χ1n) is 11.2. The second kappa shape index (κ2) is 7.87. The second-order valence-corrected chi connectivity index (χ2v) is 9.89. The zero-order chi connectivity index (χ0) is 24.4. The van der Waals surface area contributed by atoms with Crippen molar-refractivity contribution in [2.75, 3.05) is 37.4 Å². The highest BCUT2D eigenvalue weighted by Gasteiger charge is 2.48. The van der Waals surface area contributed by atoms with Crippen LogP contribution >= 0.6 is 11.6 Å². The van der Waals surface area contributed by atoms with E-state index in [9.17, 15) is 4.79 Å². The van der Waals surface area contributed by atoms with Gasteiger partial charge in [-0.1, -0.05) is 11.6 Å². The number of hydrogen-bond acceptors (Lipinski definition) is 6. The van der Waals surface area contributed by atoms with Crippen LogP contribution in [0.15, 0.2) is 24.5 Å². The van der Waals surface area contributed by atoms with Gasteiger partial charge in [0.15, 0.2) is 0 Å². The third-order valence-electron chi connectivity index (χ3n) is 7.13. The Morgan fingerprint density at radius 2 is 2.09 bits per heavy atom. The third kappa shape index (κ3) is 3.29. The number of aryl methyl sites for hydroxylation is 1. The summed E-state index contributed by atoms with van der Waals surface area (Å²) >= 11 is 6.97. The van der Waals surface area contributed by atoms with E-state index >= 15 is 4.39 Å². The van der Waals surface area contributed by atoms with Crippen molar-refractivity contribution >= 4 is 34.8 Å². The molecule has 8 nitrogen and oxygen atoms in total. The van der Waals surface area contributed by atoms with Gasteiger partial charge in [-0.05, 0) is 38.3 Å². The first-order chi connectivity index (χ1) is 16.1. The van der Waals surface area contributed by atoms with Crippen LogP contribution in [0, 0.1) is 12.7 Å². The lowest BCUT2D eigenvalue weighted by molar-refractivity contribution is 0.0824. The topological polar surface area (TPSA) is 115 Å². The van der Waals surface area contributed by atoms with Gasteiger partial charge >= 0.3 is 0 Å². The Morgan fingerprint density at radius 3 is 2.76 bits per heavy atom. The molecule has 1 amide bonds. The van der Waals surface area contributed by atoms with E-state index in [1.807, 2.05) is 17.8 Å². The van der Waals surface area contributed by atoms with Gasteiger partial charge in [-0.25, -0.2) is 9.37 Å². The molecule has 1 aliphatic heterocycles. The molecule has 0 radical (unpaired) electrons. The number of fused-ring (bicyclic) bond motifs is 2. The number of hydrogen-bond donors (Lipinski definition) is 3. The van der Waals surface area contributed by atoms with Crippen LogP contribution in [0.1, 0.15) is 46.8 Å². The van der Waals surface area contributed by atoms with Crippen molar-refractivity contribution in [3.8, 4) is 11.1 Å². The van der Waals surface area contributed by atoms with E-state index in [-0.39, 0.29) is 28.3 Å². The van der Waals surface area contributed by atoms with Crippen molar-refractivity contribution in [1.82, 2.24) is 19.7 Å². The molecular formula is C24H27ClFN7O. The number of nitrogens with zero attached hydrogens (tertiary/aromatic N) is 4. The van der Waals surface area contributed by atoms with Crippen molar-refractivity contribution in [3.05, 3.63) is 52.1 Å². The highest BCUT2D eigenvalue weighted by molar-refractivity contribution is 6.34. The van der Waals surface area contributed by atoms with Gasteiger partial charge < -0.3 is 21.7 Å². The Morgan fingerprint density at radius 1 is 1.32 bits per heavy atom. The number of halogens is 2. The smallest absolute Gasteiger partial charge is 0.258 e. The number of benzene rings is 1. The van der Waals surface area contributed by atoms with Crippen LogP contribution in [0.3, 0.4) is 0 Å². The molecule has 2 atom stereocenters. The van der Waals surface area contributed by atoms with E-state index in [1.165, 1.54) is 11.0 Å². The average molecular weight is 484 g/mol. The highest BCUT2D eigenvalue weighted by Crippen LogP contribution is 2.54. The highest BCUT2D eigenvalue weighted by atomic mass is 35.5. The lowest BCUT2D eigenvalue weighted by atomic mass is 9.80. The normalized spacial score (nSPS) is 21.0. The second-order valence-electron chi connectivity index (χ2n) is 9.51. The minimum Gasteiger partial charge on any atom is -0.398 e. The maximum Gasteiger partial charge on any atom is 0.258 e. The Balaban J connectivity index is 1.57. The minimum absolute atomic E-state index is 0.0794. The van der Waals surface area contributed by atoms with Crippen LogP contribution in [-0.4, -0.2) is 46.2 Å². The van der Waals surface area contributed by atoms with Crippen LogP contribution in [0.2, 0.25) is 5.02 Å². The van der Waals surface area contributed by atoms with Crippen LogP contribution in [0.5, 0.6) is 0 Å². The molecule has 0 bridgehead atoms. The Kier molecular flexibility index (Phi) is 5.20. The molecule has 1 spiro atoms. The minimum atomic E-state index is -0.700. The van der Waals surface area contributed by atoms with Crippen LogP contribution in [-0.2, 0) is 5.41 Å².